The zero-order chi connectivity index (χ0) is 16.3. The van der Waals surface area contributed by atoms with Gasteiger partial charge in [-0.1, -0.05) is 5.21 Å². The molecule has 0 saturated carbocycles. The number of ether oxygens (including phenoxy) is 3. The van der Waals surface area contributed by atoms with Gasteiger partial charge in [0, 0.05) is 19.7 Å². The lowest BCUT2D eigenvalue weighted by molar-refractivity contribution is 0.0127. The summed E-state index contributed by atoms with van der Waals surface area (Å²) < 4.78 is 18.1. The quantitative estimate of drug-likeness (QED) is 0.586. The van der Waals surface area contributed by atoms with Crippen molar-refractivity contribution in [1.29, 1.82) is 0 Å². The maximum atomic E-state index is 5.47. The lowest BCUT2D eigenvalue weighted by atomic mass is 10.1. The average molecular weight is 316 g/mol. The monoisotopic (exact) mass is 316 g/mol. The van der Waals surface area contributed by atoms with Crippen molar-refractivity contribution in [3.05, 3.63) is 11.9 Å². The van der Waals surface area contributed by atoms with Gasteiger partial charge in [0.25, 0.3) is 0 Å². The molecule has 1 N–H and O–H groups in total. The second-order valence-electron chi connectivity index (χ2n) is 6.14. The van der Waals surface area contributed by atoms with Gasteiger partial charge in [-0.2, -0.15) is 0 Å². The molecule has 0 spiro atoms. The van der Waals surface area contributed by atoms with Gasteiger partial charge >= 0.3 is 0 Å². The Hall–Kier alpha value is -1.02. The number of hydrogen-bond acceptors (Lipinski definition) is 6. The van der Waals surface area contributed by atoms with Crippen LogP contribution in [-0.2, 0) is 20.8 Å². The van der Waals surface area contributed by atoms with Gasteiger partial charge in [0.15, 0.2) is 0 Å². The van der Waals surface area contributed by atoms with Crippen LogP contribution in [0.2, 0.25) is 0 Å². The van der Waals surface area contributed by atoms with E-state index in [4.69, 9.17) is 14.2 Å². The predicted molar refractivity (Wildman–Crippen MR) is 87.1 cm³/mol. The standard InChI is InChI=1S/C15H30N4O3.H2/c1-14-13-19(18-17-14)6-8-21-10-12-22-11-9-20-7-5-16-15(2,3)4;/h13,16H,5-12H2,1-4H3;1H. The van der Waals surface area contributed by atoms with E-state index in [2.05, 4.69) is 36.4 Å². The summed E-state index contributed by atoms with van der Waals surface area (Å²) in [5.74, 6) is 0. The fourth-order valence-electron chi connectivity index (χ4n) is 1.70. The highest BCUT2D eigenvalue weighted by Gasteiger charge is 2.06. The Bertz CT molecular complexity index is 396. The molecule has 22 heavy (non-hydrogen) atoms. The third kappa shape index (κ3) is 10.7. The SMILES string of the molecule is Cc1cn(CCOCCOCCOCCNC(C)(C)C)nn1.[HH]. The summed E-state index contributed by atoms with van der Waals surface area (Å²) in [5, 5.41) is 11.2. The highest BCUT2D eigenvalue weighted by molar-refractivity contribution is 4.86. The van der Waals surface area contributed by atoms with E-state index in [-0.39, 0.29) is 6.97 Å². The number of aromatic nitrogens is 3. The summed E-state index contributed by atoms with van der Waals surface area (Å²) in [7, 11) is 0. The number of rotatable bonds is 12. The molecule has 1 heterocycles. The molecule has 0 bridgehead atoms. The Balaban J connectivity index is 0.00000484. The minimum absolute atomic E-state index is 0. The fraction of sp³-hybridized carbons (Fsp3) is 0.867. The highest BCUT2D eigenvalue weighted by Crippen LogP contribution is 1.96. The number of aryl methyl sites for hydroxylation is 1. The molecule has 0 atom stereocenters. The number of nitrogens with zero attached hydrogens (tertiary/aromatic N) is 3. The van der Waals surface area contributed by atoms with Crippen LogP contribution in [-0.4, -0.2) is 66.7 Å². The Morgan fingerprint density at radius 3 is 2.18 bits per heavy atom. The molecule has 0 aliphatic heterocycles. The number of hydrogen-bond donors (Lipinski definition) is 1. The highest BCUT2D eigenvalue weighted by atomic mass is 16.5. The average Bonchev–Trinajstić information content (AvgIpc) is 2.84. The van der Waals surface area contributed by atoms with Crippen molar-refractivity contribution in [1.82, 2.24) is 20.3 Å². The first-order valence-electron chi connectivity index (χ1n) is 7.82. The summed E-state index contributed by atoms with van der Waals surface area (Å²) >= 11 is 0. The molecule has 0 fully saturated rings. The van der Waals surface area contributed by atoms with Crippen molar-refractivity contribution < 1.29 is 15.6 Å². The molecule has 7 nitrogen and oxygen atoms in total. The first-order chi connectivity index (χ1) is 10.5. The topological polar surface area (TPSA) is 70.4 Å². The maximum Gasteiger partial charge on any atom is 0.0796 e. The second-order valence-corrected chi connectivity index (χ2v) is 6.14. The molecule has 7 heteroatoms. The summed E-state index contributed by atoms with van der Waals surface area (Å²) in [4.78, 5) is 0. The van der Waals surface area contributed by atoms with Crippen molar-refractivity contribution in [3.63, 3.8) is 0 Å². The van der Waals surface area contributed by atoms with E-state index in [0.717, 1.165) is 12.2 Å². The first-order valence-corrected chi connectivity index (χ1v) is 7.82. The van der Waals surface area contributed by atoms with Crippen LogP contribution in [0, 0.1) is 6.92 Å². The van der Waals surface area contributed by atoms with Crippen LogP contribution in [0.4, 0.5) is 0 Å². The molecule has 0 radical (unpaired) electrons. The van der Waals surface area contributed by atoms with Gasteiger partial charge in [0.2, 0.25) is 0 Å². The molecule has 0 saturated heterocycles. The van der Waals surface area contributed by atoms with Crippen LogP contribution in [0.5, 0.6) is 0 Å². The van der Waals surface area contributed by atoms with E-state index in [9.17, 15) is 0 Å². The molecule has 0 unspecified atom stereocenters. The van der Waals surface area contributed by atoms with Crippen molar-refractivity contribution in [3.8, 4) is 0 Å². The van der Waals surface area contributed by atoms with Crippen molar-refractivity contribution >= 4 is 0 Å². The predicted octanol–water partition coefficient (Wildman–Crippen LogP) is 1.27. The Morgan fingerprint density at radius 1 is 1.05 bits per heavy atom. The zero-order valence-electron chi connectivity index (χ0n) is 14.3. The minimum atomic E-state index is 0. The normalized spacial score (nSPS) is 12.0. The number of nitrogens with one attached hydrogen (secondary N) is 1. The second kappa shape index (κ2) is 10.7. The third-order valence-corrected chi connectivity index (χ3v) is 2.76. The molecule has 1 rings (SSSR count). The molecule has 1 aromatic rings. The van der Waals surface area contributed by atoms with E-state index < -0.39 is 0 Å². The van der Waals surface area contributed by atoms with Gasteiger partial charge in [0.05, 0.1) is 51.9 Å². The molecule has 0 aliphatic carbocycles. The van der Waals surface area contributed by atoms with E-state index in [1.54, 1.807) is 4.68 Å². The van der Waals surface area contributed by atoms with Gasteiger partial charge in [-0.05, 0) is 27.7 Å². The lowest BCUT2D eigenvalue weighted by Crippen LogP contribution is -2.38. The van der Waals surface area contributed by atoms with Gasteiger partial charge in [-0.3, -0.25) is 0 Å². The molecule has 130 valence electrons. The molecular weight excluding hydrogens is 284 g/mol. The molecule has 0 aromatic carbocycles. The first kappa shape index (κ1) is 19.0. The van der Waals surface area contributed by atoms with Crippen molar-refractivity contribution in [2.24, 2.45) is 0 Å². The summed E-state index contributed by atoms with van der Waals surface area (Å²) in [6.45, 7) is 13.6. The van der Waals surface area contributed by atoms with Crippen molar-refractivity contribution in [2.75, 3.05) is 46.2 Å². The van der Waals surface area contributed by atoms with Gasteiger partial charge in [-0.25, -0.2) is 4.68 Å². The van der Waals surface area contributed by atoms with E-state index in [1.165, 1.54) is 0 Å². The third-order valence-electron chi connectivity index (χ3n) is 2.76. The van der Waals surface area contributed by atoms with Gasteiger partial charge < -0.3 is 19.5 Å². The Labute approximate surface area is 134 Å². The Kier molecular flexibility index (Phi) is 9.22. The van der Waals surface area contributed by atoms with E-state index >= 15 is 0 Å². The van der Waals surface area contributed by atoms with E-state index in [1.807, 2.05) is 13.1 Å². The van der Waals surface area contributed by atoms with Crippen LogP contribution in [0.25, 0.3) is 0 Å². The molecule has 0 aliphatic rings. The van der Waals surface area contributed by atoms with Gasteiger partial charge in [-0.15, -0.1) is 5.10 Å². The van der Waals surface area contributed by atoms with Crippen LogP contribution in [0.15, 0.2) is 6.20 Å². The molecule has 1 aromatic heterocycles. The largest absolute Gasteiger partial charge is 0.378 e. The summed E-state index contributed by atoms with van der Waals surface area (Å²) in [5.41, 5.74) is 1.06. The molecular formula is C15H32N4O3. The summed E-state index contributed by atoms with van der Waals surface area (Å²) in [6, 6.07) is 0. The fourth-order valence-corrected chi connectivity index (χ4v) is 1.70. The van der Waals surface area contributed by atoms with E-state index in [0.29, 0.717) is 46.2 Å². The van der Waals surface area contributed by atoms with Crippen LogP contribution in [0.3, 0.4) is 0 Å². The van der Waals surface area contributed by atoms with Crippen molar-refractivity contribution in [2.45, 2.75) is 39.8 Å². The smallest absolute Gasteiger partial charge is 0.0796 e. The minimum Gasteiger partial charge on any atom is -0.378 e. The lowest BCUT2D eigenvalue weighted by Gasteiger charge is -2.20. The van der Waals surface area contributed by atoms with Gasteiger partial charge in [0.1, 0.15) is 0 Å². The maximum absolute atomic E-state index is 5.47. The van der Waals surface area contributed by atoms with Crippen LogP contribution >= 0.6 is 0 Å². The molecule has 0 amide bonds. The zero-order valence-corrected chi connectivity index (χ0v) is 14.3. The Morgan fingerprint density at radius 2 is 1.64 bits per heavy atom. The van der Waals surface area contributed by atoms with Crippen LogP contribution in [0.1, 0.15) is 27.9 Å². The summed E-state index contributed by atoms with van der Waals surface area (Å²) in [6.07, 6.45) is 1.89. The van der Waals surface area contributed by atoms with Crippen LogP contribution < -0.4 is 5.32 Å².